The van der Waals surface area contributed by atoms with Crippen molar-refractivity contribution in [2.45, 2.75) is 453 Å². The van der Waals surface area contributed by atoms with Gasteiger partial charge in [0.1, 0.15) is 0 Å². The summed E-state index contributed by atoms with van der Waals surface area (Å²) in [5, 5.41) is 0. The molecule has 0 amide bonds. The van der Waals surface area contributed by atoms with Crippen molar-refractivity contribution in [2.75, 3.05) is 49.4 Å². The molecule has 0 aromatic rings. The van der Waals surface area contributed by atoms with Crippen molar-refractivity contribution < 1.29 is 38.1 Å². The number of esters is 4. The number of rotatable bonds is 76. The van der Waals surface area contributed by atoms with Crippen LogP contribution in [-0.4, -0.2) is 121 Å². The van der Waals surface area contributed by atoms with E-state index in [1.165, 1.54) is 360 Å². The van der Waals surface area contributed by atoms with Crippen LogP contribution >= 0.6 is 13.5 Å². The molecule has 0 atom stereocenters. The molecule has 0 N–H and O–H groups in total. The van der Waals surface area contributed by atoms with Gasteiger partial charge in [0, 0.05) is 0 Å². The van der Waals surface area contributed by atoms with Gasteiger partial charge in [0.05, 0.1) is 52.1 Å². The summed E-state index contributed by atoms with van der Waals surface area (Å²) < 4.78 is 19.7. The number of allylic oxidation sites excluding steroid dienone is 4. The minimum Gasteiger partial charge on any atom is -0.789 e. The molecule has 0 bridgehead atoms. The molecule has 0 fully saturated rings. The molecule has 0 rings (SSSR count). The molecule has 0 aromatic heterocycles. The molecule has 620 valence electrons. The summed E-state index contributed by atoms with van der Waals surface area (Å²) in [5.74, 6) is 1.26. The minimum absolute atomic E-state index is 0. The summed E-state index contributed by atoms with van der Waals surface area (Å²) in [4.78, 5) is 45.0. The van der Waals surface area contributed by atoms with Gasteiger partial charge in [-0.3, -0.25) is 19.2 Å². The topological polar surface area (TPSA) is 105 Å². The quantitative estimate of drug-likeness (QED) is 0.0145. The first-order valence-corrected chi connectivity index (χ1v) is 45.1. The van der Waals surface area contributed by atoms with Gasteiger partial charge in [0.15, 0.2) is 0 Å². The van der Waals surface area contributed by atoms with Gasteiger partial charge in [0.25, 0.3) is 0 Å². The molecule has 0 saturated heterocycles. The smallest absolute Gasteiger partial charge is 0.789 e. The molecule has 0 heterocycles. The monoisotopic (exact) mass is 1780 g/mol. The van der Waals surface area contributed by atoms with E-state index in [4.69, 9.17) is 69.5 Å². The van der Waals surface area contributed by atoms with Gasteiger partial charge >= 0.3 is 71.7 Å². The second kappa shape index (κ2) is 120. The first-order chi connectivity index (χ1) is 49.2. The Morgan fingerprint density at radius 3 is 0.438 bits per heavy atom. The molecule has 8 nitrogen and oxygen atoms in total. The van der Waals surface area contributed by atoms with Crippen LogP contribution in [0.1, 0.15) is 453 Å². The average Bonchev–Trinajstić information content (AvgIpc) is 3.63. The second-order valence-corrected chi connectivity index (χ2v) is 29.6. The van der Waals surface area contributed by atoms with Gasteiger partial charge in [-0.1, -0.05) is 425 Å². The molecule has 105 heavy (non-hydrogen) atoms. The van der Waals surface area contributed by atoms with Crippen molar-refractivity contribution in [1.82, 2.24) is 0 Å². The first kappa shape index (κ1) is 123. The Morgan fingerprint density at radius 1 is 0.210 bits per heavy atom. The standard InChI is InChI=1S/4C22H42O2S.2CH4.H2S.2Sn/c4*1-2-3-4-5-6-7-8-9-10-11-12-13-14-15-16-17-18-19-22(23)24-20-21-25;;;;;/h4*17-18,25H,2-16,19-21H2,1H3;2*1H4;1H2;;/q;;;;;;;2*+2/p-4/b4*18-17+;;;;;. The molecular weight excluding hydrogens is 1610 g/mol. The van der Waals surface area contributed by atoms with Crippen LogP contribution in [0.15, 0.2) is 48.6 Å². The van der Waals surface area contributed by atoms with E-state index in [-0.39, 0.29) is 100 Å². The fraction of sp³-hybridized carbons (Fsp3) is 0.867. The zero-order chi connectivity index (χ0) is 73.7. The van der Waals surface area contributed by atoms with Crippen LogP contribution in [0.5, 0.6) is 0 Å². The van der Waals surface area contributed by atoms with E-state index in [1.807, 2.05) is 24.3 Å². The van der Waals surface area contributed by atoms with E-state index >= 15 is 0 Å². The number of ether oxygens (including phenoxy) is 4. The van der Waals surface area contributed by atoms with Crippen LogP contribution in [0, 0.1) is 0 Å². The minimum atomic E-state index is -0.165. The van der Waals surface area contributed by atoms with Gasteiger partial charge in [0.2, 0.25) is 0 Å². The summed E-state index contributed by atoms with van der Waals surface area (Å²) in [6.45, 7) is 10.6. The zero-order valence-electron chi connectivity index (χ0n) is 67.9. The van der Waals surface area contributed by atoms with Crippen LogP contribution in [0.25, 0.3) is 0 Å². The predicted molar refractivity (Wildman–Crippen MR) is 483 cm³/mol. The molecular formula is C90H174O8S5Sn2. The summed E-state index contributed by atoms with van der Waals surface area (Å²) in [5.41, 5.74) is 0. The maximum Gasteiger partial charge on any atom is 2.00 e. The van der Waals surface area contributed by atoms with E-state index in [1.54, 1.807) is 0 Å². The van der Waals surface area contributed by atoms with E-state index in [9.17, 15) is 19.2 Å². The van der Waals surface area contributed by atoms with E-state index < -0.39 is 0 Å². The summed E-state index contributed by atoms with van der Waals surface area (Å²) in [6, 6.07) is 0. The third kappa shape index (κ3) is 128. The summed E-state index contributed by atoms with van der Waals surface area (Å²) in [6.07, 6.45) is 99.9. The molecule has 0 unspecified atom stereocenters. The zero-order valence-corrected chi connectivity index (χ0v) is 77.9. The van der Waals surface area contributed by atoms with Gasteiger partial charge < -0.3 is 69.5 Å². The van der Waals surface area contributed by atoms with Crippen molar-refractivity contribution in [1.29, 1.82) is 0 Å². The Hall–Kier alpha value is 0.187. The van der Waals surface area contributed by atoms with E-state index in [0.717, 1.165) is 25.7 Å². The Bertz CT molecular complexity index is 1470. The van der Waals surface area contributed by atoms with Crippen LogP contribution in [0.2, 0.25) is 0 Å². The molecule has 0 saturated carbocycles. The van der Waals surface area contributed by atoms with E-state index in [0.29, 0.717) is 75.1 Å². The van der Waals surface area contributed by atoms with Crippen molar-refractivity contribution in [3.05, 3.63) is 48.6 Å². The van der Waals surface area contributed by atoms with Gasteiger partial charge in [-0.2, -0.15) is 13.5 Å². The Morgan fingerprint density at radius 2 is 0.324 bits per heavy atom. The maximum absolute atomic E-state index is 11.2. The van der Waals surface area contributed by atoms with Crippen LogP contribution in [-0.2, 0) is 88.6 Å². The Labute approximate surface area is 719 Å². The summed E-state index contributed by atoms with van der Waals surface area (Å²) >= 11 is 18.9. The largest absolute Gasteiger partial charge is 2.00 e. The molecule has 0 aliphatic carbocycles. The molecule has 0 aromatic carbocycles. The van der Waals surface area contributed by atoms with Crippen LogP contribution in [0.4, 0.5) is 0 Å². The Kier molecular flexibility index (Phi) is 141. The van der Waals surface area contributed by atoms with Gasteiger partial charge in [-0.25, -0.2) is 0 Å². The average molecular weight is 1780 g/mol. The maximum atomic E-state index is 11.2. The number of hydrogen-bond acceptors (Lipinski definition) is 12. The van der Waals surface area contributed by atoms with Crippen LogP contribution < -0.4 is 0 Å². The van der Waals surface area contributed by atoms with Gasteiger partial charge in [-0.05, 0) is 51.4 Å². The number of carbonyl (C=O) groups excluding carboxylic acids is 4. The predicted octanol–water partition coefficient (Wildman–Crippen LogP) is 28.2. The van der Waals surface area contributed by atoms with Crippen molar-refractivity contribution in [3.63, 3.8) is 0 Å². The third-order valence-corrected chi connectivity index (χ3v) is 18.8. The first-order valence-electron chi connectivity index (χ1n) is 42.8. The fourth-order valence-corrected chi connectivity index (χ4v) is 12.2. The Balaban J connectivity index is -0.000000165. The number of unbranched alkanes of at least 4 members (excludes halogenated alkanes) is 56. The third-order valence-electron chi connectivity index (χ3n) is 18.1. The normalized spacial score (nSPS) is 10.7. The van der Waals surface area contributed by atoms with Gasteiger partial charge in [-0.15, -0.1) is 23.0 Å². The van der Waals surface area contributed by atoms with E-state index in [2.05, 4.69) is 52.0 Å². The van der Waals surface area contributed by atoms with Crippen molar-refractivity contribution >= 4 is 136 Å². The number of hydrogen-bond donors (Lipinski definition) is 0. The number of carbonyl (C=O) groups is 4. The van der Waals surface area contributed by atoms with Crippen molar-refractivity contribution in [3.8, 4) is 0 Å². The van der Waals surface area contributed by atoms with Crippen molar-refractivity contribution in [2.24, 2.45) is 0 Å². The molecule has 15 heteroatoms. The van der Waals surface area contributed by atoms with Crippen LogP contribution in [0.3, 0.4) is 0 Å². The molecule has 0 aliphatic heterocycles. The molecule has 4 radical (unpaired) electrons. The SMILES string of the molecule is C.C.CCCCCCCCCCCCCCCC/C=C/CC(=O)OCC[S-].CCCCCCCCCCCCCCCC/C=C/CC(=O)OCC[S-].CCCCCCCCCCCCCCCC/C=C/CC(=O)OCC[S-].CCCCCCCCCCCCCCCC/C=C/CC(=O)OCC[S-].S.[Sn+2].[Sn+2]. The molecule has 0 aliphatic rings. The fourth-order valence-electron chi connectivity index (χ4n) is 11.9. The summed E-state index contributed by atoms with van der Waals surface area (Å²) in [7, 11) is 0. The second-order valence-electron chi connectivity index (χ2n) is 27.9. The molecule has 0 spiro atoms.